The van der Waals surface area contributed by atoms with Crippen molar-refractivity contribution in [2.24, 2.45) is 0 Å². The molecular weight excluding hydrogens is 224 g/mol. The van der Waals surface area contributed by atoms with Crippen molar-refractivity contribution in [3.05, 3.63) is 48.3 Å². The number of hydrogen-bond donors (Lipinski definition) is 1. The fourth-order valence-electron chi connectivity index (χ4n) is 1.76. The summed E-state index contributed by atoms with van der Waals surface area (Å²) in [5.41, 5.74) is 2.23. The Bertz CT molecular complexity index is 534. The molecule has 0 fully saturated rings. The molecule has 0 aliphatic heterocycles. The van der Waals surface area contributed by atoms with E-state index in [1.165, 1.54) is 5.69 Å². The molecular formula is C15H16N2O. The molecule has 2 aromatic rings. The predicted molar refractivity (Wildman–Crippen MR) is 73.6 cm³/mol. The van der Waals surface area contributed by atoms with Crippen LogP contribution in [0.2, 0.25) is 0 Å². The van der Waals surface area contributed by atoms with E-state index < -0.39 is 0 Å². The quantitative estimate of drug-likeness (QED) is 0.813. The molecule has 0 bridgehead atoms. The van der Waals surface area contributed by atoms with Crippen molar-refractivity contribution >= 4 is 5.69 Å². The minimum atomic E-state index is 0.604. The van der Waals surface area contributed by atoms with Crippen LogP contribution in [0.25, 0.3) is 0 Å². The molecule has 0 amide bonds. The summed E-state index contributed by atoms with van der Waals surface area (Å²) in [5, 5.41) is 3.35. The van der Waals surface area contributed by atoms with E-state index in [4.69, 9.17) is 11.2 Å². The molecule has 92 valence electrons. The zero-order valence-electron chi connectivity index (χ0n) is 10.4. The summed E-state index contributed by atoms with van der Waals surface area (Å²) in [6.07, 6.45) is 7.31. The molecule has 1 aromatic carbocycles. The van der Waals surface area contributed by atoms with Crippen LogP contribution >= 0.6 is 0 Å². The van der Waals surface area contributed by atoms with E-state index in [2.05, 4.69) is 21.9 Å². The fraction of sp³-hybridized carbons (Fsp3) is 0.200. The molecule has 0 aliphatic rings. The van der Waals surface area contributed by atoms with Crippen molar-refractivity contribution in [2.75, 3.05) is 12.4 Å². The Kier molecular flexibility index (Phi) is 3.93. The van der Waals surface area contributed by atoms with Crippen LogP contribution in [-0.2, 0) is 13.1 Å². The highest BCUT2D eigenvalue weighted by Gasteiger charge is 1.99. The molecule has 1 N–H and O–H groups in total. The lowest BCUT2D eigenvalue weighted by atomic mass is 10.3. The van der Waals surface area contributed by atoms with Gasteiger partial charge in [0, 0.05) is 17.6 Å². The van der Waals surface area contributed by atoms with Crippen molar-refractivity contribution in [3.8, 4) is 18.1 Å². The number of ether oxygens (including phenoxy) is 1. The molecule has 0 radical (unpaired) electrons. The first-order chi connectivity index (χ1) is 8.83. The Morgan fingerprint density at radius 2 is 2.06 bits per heavy atom. The fourth-order valence-corrected chi connectivity index (χ4v) is 1.76. The number of nitrogens with one attached hydrogen (secondary N) is 1. The van der Waals surface area contributed by atoms with Crippen LogP contribution in [0.5, 0.6) is 5.75 Å². The summed E-state index contributed by atoms with van der Waals surface area (Å²) in [7, 11) is 1.66. The van der Waals surface area contributed by atoms with Gasteiger partial charge in [0.25, 0.3) is 0 Å². The summed E-state index contributed by atoms with van der Waals surface area (Å²) >= 11 is 0. The third kappa shape index (κ3) is 2.86. The third-order valence-electron chi connectivity index (χ3n) is 2.75. The standard InChI is InChI=1S/C15H16N2O/c1-3-10-17-11-4-5-14(17)12-16-13-6-8-15(18-2)9-7-13/h1,4-9,11,16H,10,12H2,2H3. The van der Waals surface area contributed by atoms with E-state index in [-0.39, 0.29) is 0 Å². The van der Waals surface area contributed by atoms with E-state index in [1.807, 2.05) is 36.5 Å². The molecule has 3 nitrogen and oxygen atoms in total. The first-order valence-electron chi connectivity index (χ1n) is 5.79. The molecule has 0 atom stereocenters. The molecule has 0 unspecified atom stereocenters. The van der Waals surface area contributed by atoms with Gasteiger partial charge in [0.05, 0.1) is 20.2 Å². The number of methoxy groups -OCH3 is 1. The predicted octanol–water partition coefficient (Wildman–Crippen LogP) is 2.74. The Labute approximate surface area is 107 Å². The average molecular weight is 240 g/mol. The largest absolute Gasteiger partial charge is 0.497 e. The maximum absolute atomic E-state index is 5.32. The van der Waals surface area contributed by atoms with Crippen LogP contribution in [0.4, 0.5) is 5.69 Å². The van der Waals surface area contributed by atoms with E-state index in [0.717, 1.165) is 18.0 Å². The lowest BCUT2D eigenvalue weighted by molar-refractivity contribution is 0.415. The molecule has 1 aromatic heterocycles. The van der Waals surface area contributed by atoms with E-state index in [0.29, 0.717) is 6.54 Å². The molecule has 0 spiro atoms. The van der Waals surface area contributed by atoms with Crippen LogP contribution in [0.1, 0.15) is 5.69 Å². The van der Waals surface area contributed by atoms with Gasteiger partial charge in [-0.15, -0.1) is 6.42 Å². The lowest BCUT2D eigenvalue weighted by Crippen LogP contribution is -2.06. The summed E-state index contributed by atoms with van der Waals surface area (Å²) in [6, 6.07) is 11.9. The maximum Gasteiger partial charge on any atom is 0.119 e. The molecule has 0 saturated carbocycles. The summed E-state index contributed by atoms with van der Waals surface area (Å²) in [6.45, 7) is 1.35. The number of anilines is 1. The minimum absolute atomic E-state index is 0.604. The number of rotatable bonds is 5. The first kappa shape index (κ1) is 12.1. The van der Waals surface area contributed by atoms with Gasteiger partial charge >= 0.3 is 0 Å². The number of nitrogens with zero attached hydrogens (tertiary/aromatic N) is 1. The van der Waals surface area contributed by atoms with E-state index in [9.17, 15) is 0 Å². The van der Waals surface area contributed by atoms with Crippen molar-refractivity contribution in [2.45, 2.75) is 13.1 Å². The van der Waals surface area contributed by atoms with Crippen molar-refractivity contribution in [3.63, 3.8) is 0 Å². The lowest BCUT2D eigenvalue weighted by Gasteiger charge is -2.09. The van der Waals surface area contributed by atoms with Gasteiger partial charge in [0.15, 0.2) is 0 Å². The second-order valence-corrected chi connectivity index (χ2v) is 3.91. The smallest absolute Gasteiger partial charge is 0.119 e. The van der Waals surface area contributed by atoms with Crippen LogP contribution in [0, 0.1) is 12.3 Å². The average Bonchev–Trinajstić information content (AvgIpc) is 2.85. The van der Waals surface area contributed by atoms with Gasteiger partial charge in [-0.2, -0.15) is 0 Å². The van der Waals surface area contributed by atoms with Crippen molar-refractivity contribution < 1.29 is 4.74 Å². The molecule has 18 heavy (non-hydrogen) atoms. The van der Waals surface area contributed by atoms with Gasteiger partial charge in [0.2, 0.25) is 0 Å². The third-order valence-corrected chi connectivity index (χ3v) is 2.75. The van der Waals surface area contributed by atoms with Crippen LogP contribution < -0.4 is 10.1 Å². The normalized spacial score (nSPS) is 9.78. The van der Waals surface area contributed by atoms with Crippen LogP contribution in [0.15, 0.2) is 42.6 Å². The second-order valence-electron chi connectivity index (χ2n) is 3.91. The topological polar surface area (TPSA) is 26.2 Å². The Morgan fingerprint density at radius 1 is 1.28 bits per heavy atom. The van der Waals surface area contributed by atoms with Gasteiger partial charge in [-0.05, 0) is 36.4 Å². The van der Waals surface area contributed by atoms with Gasteiger partial charge in [0.1, 0.15) is 5.75 Å². The van der Waals surface area contributed by atoms with E-state index in [1.54, 1.807) is 7.11 Å². The van der Waals surface area contributed by atoms with Gasteiger partial charge < -0.3 is 14.6 Å². The molecule has 3 heteroatoms. The molecule has 0 aliphatic carbocycles. The Balaban J connectivity index is 1.98. The highest BCUT2D eigenvalue weighted by molar-refractivity contribution is 5.46. The Hall–Kier alpha value is -2.34. The highest BCUT2D eigenvalue weighted by atomic mass is 16.5. The van der Waals surface area contributed by atoms with Crippen molar-refractivity contribution in [1.29, 1.82) is 0 Å². The summed E-state index contributed by atoms with van der Waals surface area (Å²) in [5.74, 6) is 3.50. The van der Waals surface area contributed by atoms with Gasteiger partial charge in [-0.3, -0.25) is 0 Å². The molecule has 2 rings (SSSR count). The van der Waals surface area contributed by atoms with Crippen LogP contribution in [0.3, 0.4) is 0 Å². The molecule has 1 heterocycles. The van der Waals surface area contributed by atoms with Crippen molar-refractivity contribution in [1.82, 2.24) is 4.57 Å². The SMILES string of the molecule is C#CCn1cccc1CNc1ccc(OC)cc1. The highest BCUT2D eigenvalue weighted by Crippen LogP contribution is 2.16. The maximum atomic E-state index is 5.32. The first-order valence-corrected chi connectivity index (χ1v) is 5.79. The minimum Gasteiger partial charge on any atom is -0.497 e. The monoisotopic (exact) mass is 240 g/mol. The summed E-state index contributed by atoms with van der Waals surface area (Å²) < 4.78 is 7.17. The van der Waals surface area contributed by atoms with E-state index >= 15 is 0 Å². The number of hydrogen-bond acceptors (Lipinski definition) is 2. The zero-order chi connectivity index (χ0) is 12.8. The number of benzene rings is 1. The second kappa shape index (κ2) is 5.83. The molecule has 0 saturated heterocycles. The number of aromatic nitrogens is 1. The van der Waals surface area contributed by atoms with Crippen LogP contribution in [-0.4, -0.2) is 11.7 Å². The summed E-state index contributed by atoms with van der Waals surface area (Å²) in [4.78, 5) is 0. The van der Waals surface area contributed by atoms with Gasteiger partial charge in [-0.25, -0.2) is 0 Å². The Morgan fingerprint density at radius 3 is 2.72 bits per heavy atom. The van der Waals surface area contributed by atoms with Gasteiger partial charge in [-0.1, -0.05) is 5.92 Å². The number of terminal acetylenes is 1. The zero-order valence-corrected chi connectivity index (χ0v) is 10.4.